The van der Waals surface area contributed by atoms with Crippen molar-refractivity contribution in [2.45, 2.75) is 51.2 Å². The zero-order valence-electron chi connectivity index (χ0n) is 18.4. The van der Waals surface area contributed by atoms with Crippen molar-refractivity contribution in [3.63, 3.8) is 0 Å². The average molecular weight is 453 g/mol. The lowest BCUT2D eigenvalue weighted by Gasteiger charge is -2.30. The van der Waals surface area contributed by atoms with Crippen LogP contribution in [0, 0.1) is 20.8 Å². The Hall–Kier alpha value is -2.78. The fourth-order valence-electron chi connectivity index (χ4n) is 4.53. The highest BCUT2D eigenvalue weighted by Crippen LogP contribution is 2.37. The van der Waals surface area contributed by atoms with Gasteiger partial charge in [-0.2, -0.15) is 4.72 Å². The van der Waals surface area contributed by atoms with Crippen LogP contribution < -0.4 is 10.5 Å². The van der Waals surface area contributed by atoms with Gasteiger partial charge in [-0.1, -0.05) is 48.0 Å². The van der Waals surface area contributed by atoms with E-state index in [9.17, 15) is 13.5 Å². The Morgan fingerprint density at radius 2 is 1.81 bits per heavy atom. The number of aliphatic hydroxyl groups is 1. The molecule has 7 nitrogen and oxygen atoms in total. The van der Waals surface area contributed by atoms with Crippen LogP contribution in [0.5, 0.6) is 0 Å². The molecule has 0 saturated heterocycles. The second-order valence-electron chi connectivity index (χ2n) is 8.39. The van der Waals surface area contributed by atoms with Crippen molar-refractivity contribution in [2.24, 2.45) is 0 Å². The van der Waals surface area contributed by atoms with Crippen LogP contribution in [-0.2, 0) is 23.1 Å². The highest BCUT2D eigenvalue weighted by Gasteiger charge is 2.37. The quantitative estimate of drug-likeness (QED) is 0.496. The average Bonchev–Trinajstić information content (AvgIpc) is 3.08. The lowest BCUT2D eigenvalue weighted by atomic mass is 9.98. The van der Waals surface area contributed by atoms with Crippen molar-refractivity contribution in [1.82, 2.24) is 14.6 Å². The van der Waals surface area contributed by atoms with Crippen LogP contribution in [0.15, 0.2) is 59.6 Å². The highest BCUT2D eigenvalue weighted by molar-refractivity contribution is 7.89. The van der Waals surface area contributed by atoms with Crippen molar-refractivity contribution < 1.29 is 13.5 Å². The van der Waals surface area contributed by atoms with Gasteiger partial charge in [-0.05, 0) is 60.7 Å². The maximum absolute atomic E-state index is 12.9. The fourth-order valence-corrected chi connectivity index (χ4v) is 5.58. The summed E-state index contributed by atoms with van der Waals surface area (Å²) in [5, 5.41) is 10.9. The van der Waals surface area contributed by atoms with Crippen LogP contribution >= 0.6 is 0 Å². The van der Waals surface area contributed by atoms with Gasteiger partial charge in [-0.25, -0.2) is 13.4 Å². The molecule has 32 heavy (non-hydrogen) atoms. The molecule has 0 aliphatic carbocycles. The predicted molar refractivity (Wildman–Crippen MR) is 124 cm³/mol. The smallest absolute Gasteiger partial charge is 0.260 e. The Kier molecular flexibility index (Phi) is 6.05. The van der Waals surface area contributed by atoms with Gasteiger partial charge in [0.1, 0.15) is 12.0 Å². The van der Waals surface area contributed by atoms with Gasteiger partial charge in [0, 0.05) is 13.1 Å². The van der Waals surface area contributed by atoms with Gasteiger partial charge in [0.15, 0.2) is 5.03 Å². The number of hydrogen-bond acceptors (Lipinski definition) is 6. The van der Waals surface area contributed by atoms with E-state index in [1.807, 2.05) is 24.3 Å². The van der Waals surface area contributed by atoms with Crippen molar-refractivity contribution in [3.8, 4) is 0 Å². The first kappa shape index (κ1) is 22.4. The number of aliphatic hydroxyl groups excluding tert-OH is 1. The first-order valence-corrected chi connectivity index (χ1v) is 12.0. The molecule has 8 heteroatoms. The third kappa shape index (κ3) is 4.40. The van der Waals surface area contributed by atoms with Crippen LogP contribution in [0.4, 0.5) is 5.82 Å². The van der Waals surface area contributed by atoms with E-state index in [2.05, 4.69) is 47.5 Å². The minimum absolute atomic E-state index is 0.0977. The number of nitrogens with one attached hydrogen (secondary N) is 1. The van der Waals surface area contributed by atoms with Crippen molar-refractivity contribution in [2.75, 3.05) is 5.73 Å². The lowest BCUT2D eigenvalue weighted by Crippen LogP contribution is -2.43. The summed E-state index contributed by atoms with van der Waals surface area (Å²) in [5.74, 6) is 0.0977. The highest BCUT2D eigenvalue weighted by atomic mass is 32.2. The molecule has 0 amide bonds. The number of nitrogens with two attached hydrogens (primary N) is 1. The van der Waals surface area contributed by atoms with E-state index in [0.717, 1.165) is 11.1 Å². The summed E-state index contributed by atoms with van der Waals surface area (Å²) >= 11 is 0. The van der Waals surface area contributed by atoms with Gasteiger partial charge < -0.3 is 10.8 Å². The first-order chi connectivity index (χ1) is 15.2. The molecule has 4 rings (SSSR count). The molecule has 3 aromatic rings. The molecule has 0 spiro atoms. The third-order valence-electron chi connectivity index (χ3n) is 5.94. The van der Waals surface area contributed by atoms with Crippen LogP contribution in [0.3, 0.4) is 0 Å². The molecule has 0 saturated carbocycles. The summed E-state index contributed by atoms with van der Waals surface area (Å²) < 4.78 is 28.1. The molecule has 2 heterocycles. The van der Waals surface area contributed by atoms with Crippen molar-refractivity contribution >= 4 is 15.8 Å². The Balaban J connectivity index is 1.66. The zero-order valence-corrected chi connectivity index (χ0v) is 19.2. The minimum atomic E-state index is -4.06. The normalized spacial score (nSPS) is 17.3. The van der Waals surface area contributed by atoms with Gasteiger partial charge in [0.25, 0.3) is 10.0 Å². The van der Waals surface area contributed by atoms with E-state index in [0.29, 0.717) is 13.1 Å². The topological polar surface area (TPSA) is 109 Å². The first-order valence-electron chi connectivity index (χ1n) is 10.5. The van der Waals surface area contributed by atoms with Gasteiger partial charge in [-0.3, -0.25) is 4.90 Å². The molecule has 2 aromatic carbocycles. The number of anilines is 1. The molecule has 1 aliphatic rings. The van der Waals surface area contributed by atoms with Gasteiger partial charge in [0.2, 0.25) is 0 Å². The van der Waals surface area contributed by atoms with Crippen LogP contribution in [0.25, 0.3) is 0 Å². The molecular weight excluding hydrogens is 424 g/mol. The summed E-state index contributed by atoms with van der Waals surface area (Å²) in [6, 6.07) is 15.9. The molecular formula is C24H28N4O3S. The minimum Gasteiger partial charge on any atom is -0.384 e. The molecule has 4 N–H and O–H groups in total. The van der Waals surface area contributed by atoms with E-state index in [-0.39, 0.29) is 10.8 Å². The fraction of sp³-hybridized carbons (Fsp3) is 0.292. The summed E-state index contributed by atoms with van der Waals surface area (Å²) in [6.07, 6.45) is -1.36. The largest absolute Gasteiger partial charge is 0.384 e. The number of hydrogen-bond donors (Lipinski definition) is 3. The second kappa shape index (κ2) is 8.63. The summed E-state index contributed by atoms with van der Waals surface area (Å²) in [6.45, 7) is 7.44. The molecule has 0 radical (unpaired) electrons. The molecule has 168 valence electrons. The number of aromatic nitrogens is 1. The molecule has 2 atom stereocenters. The standard InChI is InChI=1S/C24H28N4O3S/c1-15-11-16(2)20(17(3)12-15)14-28-13-18-7-4-5-8-19(18)23(28)24(29)27-32(30,31)22-10-6-9-21(25)26-22/h4-12,23-24,27,29H,13-14H2,1-3H3,(H2,25,26). The number of aryl methyl sites for hydroxylation is 3. The Labute approximate surface area is 189 Å². The van der Waals surface area contributed by atoms with Crippen LogP contribution in [0.2, 0.25) is 0 Å². The number of rotatable bonds is 6. The molecule has 0 bridgehead atoms. The monoisotopic (exact) mass is 452 g/mol. The number of pyridine rings is 1. The van der Waals surface area contributed by atoms with Crippen LogP contribution in [-0.4, -0.2) is 29.6 Å². The maximum Gasteiger partial charge on any atom is 0.260 e. The summed E-state index contributed by atoms with van der Waals surface area (Å²) in [5.41, 5.74) is 12.4. The third-order valence-corrected chi connectivity index (χ3v) is 7.27. The number of nitrogens with zero attached hydrogens (tertiary/aromatic N) is 2. The van der Waals surface area contributed by atoms with Gasteiger partial charge in [0.05, 0.1) is 6.04 Å². The lowest BCUT2D eigenvalue weighted by molar-refractivity contribution is 0.0445. The molecule has 1 aromatic heterocycles. The van der Waals surface area contributed by atoms with E-state index in [4.69, 9.17) is 5.73 Å². The molecule has 2 unspecified atom stereocenters. The molecule has 0 fully saturated rings. The van der Waals surface area contributed by atoms with Crippen LogP contribution in [0.1, 0.15) is 39.4 Å². The second-order valence-corrected chi connectivity index (χ2v) is 10.1. The van der Waals surface area contributed by atoms with Crippen molar-refractivity contribution in [3.05, 3.63) is 88.0 Å². The van der Waals surface area contributed by atoms with E-state index in [1.165, 1.54) is 40.5 Å². The Morgan fingerprint density at radius 1 is 1.12 bits per heavy atom. The number of benzene rings is 2. The van der Waals surface area contributed by atoms with E-state index < -0.39 is 22.3 Å². The summed E-state index contributed by atoms with van der Waals surface area (Å²) in [4.78, 5) is 6.00. The number of fused-ring (bicyclic) bond motifs is 1. The number of nitrogen functional groups attached to an aromatic ring is 1. The zero-order chi connectivity index (χ0) is 23.0. The number of sulfonamides is 1. The molecule has 1 aliphatic heterocycles. The van der Waals surface area contributed by atoms with Gasteiger partial charge in [-0.15, -0.1) is 0 Å². The Morgan fingerprint density at radius 3 is 2.50 bits per heavy atom. The van der Waals surface area contributed by atoms with Crippen molar-refractivity contribution in [1.29, 1.82) is 0 Å². The van der Waals surface area contributed by atoms with E-state index >= 15 is 0 Å². The van der Waals surface area contributed by atoms with E-state index in [1.54, 1.807) is 0 Å². The SMILES string of the molecule is Cc1cc(C)c(CN2Cc3ccccc3C2C(O)NS(=O)(=O)c2cccc(N)n2)c(C)c1. The van der Waals surface area contributed by atoms with Gasteiger partial charge >= 0.3 is 0 Å². The predicted octanol–water partition coefficient (Wildman–Crippen LogP) is 2.94. The Bertz CT molecular complexity index is 1240. The summed E-state index contributed by atoms with van der Waals surface area (Å²) in [7, 11) is -4.06. The maximum atomic E-state index is 12.9.